The molecule has 0 aliphatic rings. The van der Waals surface area contributed by atoms with Crippen molar-refractivity contribution < 1.29 is 4.52 Å². The summed E-state index contributed by atoms with van der Waals surface area (Å²) >= 11 is 3.34. The molecule has 0 saturated carbocycles. The van der Waals surface area contributed by atoms with Crippen molar-refractivity contribution in [1.29, 1.82) is 0 Å². The van der Waals surface area contributed by atoms with Gasteiger partial charge in [-0.25, -0.2) is 4.98 Å². The number of imidazole rings is 1. The van der Waals surface area contributed by atoms with E-state index in [-0.39, 0.29) is 0 Å². The molecule has 0 fully saturated rings. The number of rotatable bonds is 6. The summed E-state index contributed by atoms with van der Waals surface area (Å²) in [6.07, 6.45) is 1.95. The van der Waals surface area contributed by atoms with Crippen LogP contribution in [0.3, 0.4) is 0 Å². The molecule has 0 bridgehead atoms. The predicted molar refractivity (Wildman–Crippen MR) is 103 cm³/mol. The van der Waals surface area contributed by atoms with E-state index >= 15 is 0 Å². The highest BCUT2D eigenvalue weighted by Gasteiger charge is 2.13. The molecule has 0 radical (unpaired) electrons. The lowest BCUT2D eigenvalue weighted by Gasteiger charge is -2.08. The number of nitrogens with zero attached hydrogens (tertiary/aromatic N) is 3. The van der Waals surface area contributed by atoms with Gasteiger partial charge in [-0.05, 0) is 23.9 Å². The highest BCUT2D eigenvalue weighted by molar-refractivity contribution is 7.98. The van der Waals surface area contributed by atoms with Crippen molar-refractivity contribution in [3.05, 3.63) is 65.8 Å². The van der Waals surface area contributed by atoms with E-state index in [1.807, 2.05) is 35.8 Å². The lowest BCUT2D eigenvalue weighted by atomic mass is 10.2. The Morgan fingerprint density at radius 3 is 2.80 bits per heavy atom. The Hall–Kier alpha value is -2.31. The molecule has 4 nitrogen and oxygen atoms in total. The molecule has 0 N–H and O–H groups in total. The SMILES string of the molecule is CCn1c(-c2ccccc2)cnc1SCc1cc(-c2cccs2)on1. The zero-order valence-corrected chi connectivity index (χ0v) is 15.4. The first kappa shape index (κ1) is 16.2. The molecule has 25 heavy (non-hydrogen) atoms. The summed E-state index contributed by atoms with van der Waals surface area (Å²) in [4.78, 5) is 5.71. The van der Waals surface area contributed by atoms with Gasteiger partial charge in [0, 0.05) is 18.4 Å². The maximum absolute atomic E-state index is 5.45. The second-order valence-electron chi connectivity index (χ2n) is 5.48. The minimum Gasteiger partial charge on any atom is -0.355 e. The number of thioether (sulfide) groups is 1. The van der Waals surface area contributed by atoms with Crippen molar-refractivity contribution in [2.24, 2.45) is 0 Å². The largest absolute Gasteiger partial charge is 0.355 e. The van der Waals surface area contributed by atoms with Crippen LogP contribution in [-0.2, 0) is 12.3 Å². The molecule has 0 aliphatic carbocycles. The number of hydrogen-bond donors (Lipinski definition) is 0. The molecular formula is C19H17N3OS2. The van der Waals surface area contributed by atoms with Gasteiger partial charge in [0.2, 0.25) is 0 Å². The topological polar surface area (TPSA) is 43.9 Å². The molecule has 126 valence electrons. The first-order chi connectivity index (χ1) is 12.3. The first-order valence-electron chi connectivity index (χ1n) is 8.08. The molecule has 4 aromatic rings. The molecule has 4 rings (SSSR count). The summed E-state index contributed by atoms with van der Waals surface area (Å²) in [5, 5.41) is 7.22. The van der Waals surface area contributed by atoms with Crippen molar-refractivity contribution in [2.75, 3.05) is 0 Å². The van der Waals surface area contributed by atoms with Crippen LogP contribution in [0.4, 0.5) is 0 Å². The van der Waals surface area contributed by atoms with Crippen LogP contribution in [-0.4, -0.2) is 14.7 Å². The first-order valence-corrected chi connectivity index (χ1v) is 9.95. The van der Waals surface area contributed by atoms with Gasteiger partial charge in [-0.2, -0.15) is 0 Å². The Bertz CT molecular complexity index is 942. The number of hydrogen-bond acceptors (Lipinski definition) is 5. The van der Waals surface area contributed by atoms with Gasteiger partial charge in [-0.3, -0.25) is 0 Å². The van der Waals surface area contributed by atoms with E-state index in [0.29, 0.717) is 0 Å². The fraction of sp³-hybridized carbons (Fsp3) is 0.158. The maximum Gasteiger partial charge on any atom is 0.177 e. The van der Waals surface area contributed by atoms with Crippen LogP contribution in [0.15, 0.2) is 69.8 Å². The van der Waals surface area contributed by atoms with Crippen molar-refractivity contribution in [2.45, 2.75) is 24.4 Å². The third-order valence-corrected chi connectivity index (χ3v) is 5.79. The predicted octanol–water partition coefficient (Wildman–Crippen LogP) is 5.58. The minimum absolute atomic E-state index is 0.736. The summed E-state index contributed by atoms with van der Waals surface area (Å²) in [5.74, 6) is 1.56. The molecule has 3 heterocycles. The highest BCUT2D eigenvalue weighted by Crippen LogP contribution is 2.30. The van der Waals surface area contributed by atoms with E-state index in [1.165, 1.54) is 5.56 Å². The van der Waals surface area contributed by atoms with E-state index in [1.54, 1.807) is 23.1 Å². The van der Waals surface area contributed by atoms with Crippen molar-refractivity contribution in [3.63, 3.8) is 0 Å². The van der Waals surface area contributed by atoms with Gasteiger partial charge in [0.1, 0.15) is 0 Å². The maximum atomic E-state index is 5.45. The van der Waals surface area contributed by atoms with E-state index in [2.05, 4.69) is 45.9 Å². The van der Waals surface area contributed by atoms with Crippen LogP contribution in [0.2, 0.25) is 0 Å². The van der Waals surface area contributed by atoms with Gasteiger partial charge in [-0.1, -0.05) is 53.3 Å². The lowest BCUT2D eigenvalue weighted by molar-refractivity contribution is 0.427. The van der Waals surface area contributed by atoms with E-state index < -0.39 is 0 Å². The average Bonchev–Trinajstić information content (AvgIpc) is 3.39. The van der Waals surface area contributed by atoms with Crippen molar-refractivity contribution >= 4 is 23.1 Å². The average molecular weight is 367 g/mol. The fourth-order valence-corrected chi connectivity index (χ4v) is 4.27. The third kappa shape index (κ3) is 3.41. The van der Waals surface area contributed by atoms with Gasteiger partial charge >= 0.3 is 0 Å². The lowest BCUT2D eigenvalue weighted by Crippen LogP contribution is -1.99. The van der Waals surface area contributed by atoms with Gasteiger partial charge in [-0.15, -0.1) is 11.3 Å². The molecule has 6 heteroatoms. The molecule has 0 saturated heterocycles. The molecule has 1 aromatic carbocycles. The van der Waals surface area contributed by atoms with Crippen LogP contribution in [0, 0.1) is 0 Å². The van der Waals surface area contributed by atoms with Gasteiger partial charge < -0.3 is 9.09 Å². The molecule has 3 aromatic heterocycles. The smallest absolute Gasteiger partial charge is 0.177 e. The molecule has 0 atom stereocenters. The standard InChI is InChI=1S/C19H17N3OS2/c1-2-22-16(14-7-4-3-5-8-14)12-20-19(22)25-13-15-11-17(23-21-15)18-9-6-10-24-18/h3-12H,2,13H2,1H3. The number of benzene rings is 1. The van der Waals surface area contributed by atoms with Crippen LogP contribution in [0.5, 0.6) is 0 Å². The molecule has 0 spiro atoms. The minimum atomic E-state index is 0.736. The normalized spacial score (nSPS) is 11.1. The van der Waals surface area contributed by atoms with Crippen LogP contribution in [0.25, 0.3) is 21.9 Å². The van der Waals surface area contributed by atoms with E-state index in [0.717, 1.165) is 39.5 Å². The van der Waals surface area contributed by atoms with Crippen LogP contribution >= 0.6 is 23.1 Å². The summed E-state index contributed by atoms with van der Waals surface area (Å²) in [7, 11) is 0. The zero-order valence-electron chi connectivity index (χ0n) is 13.8. The molecule has 0 unspecified atom stereocenters. The Morgan fingerprint density at radius 2 is 2.04 bits per heavy atom. The number of thiophene rings is 1. The molecule has 0 aliphatic heterocycles. The summed E-state index contributed by atoms with van der Waals surface area (Å²) in [5.41, 5.74) is 3.26. The fourth-order valence-electron chi connectivity index (χ4n) is 2.67. The Labute approximate surface area is 154 Å². The van der Waals surface area contributed by atoms with Gasteiger partial charge in [0.05, 0.1) is 22.5 Å². The Balaban J connectivity index is 1.51. The second-order valence-corrected chi connectivity index (χ2v) is 7.37. The zero-order chi connectivity index (χ0) is 17.1. The van der Waals surface area contributed by atoms with E-state index in [9.17, 15) is 0 Å². The Kier molecular flexibility index (Phi) is 4.72. The van der Waals surface area contributed by atoms with Crippen molar-refractivity contribution in [1.82, 2.24) is 14.7 Å². The summed E-state index contributed by atoms with van der Waals surface area (Å²) in [6.45, 7) is 3.02. The quantitative estimate of drug-likeness (QED) is 0.417. The van der Waals surface area contributed by atoms with Crippen LogP contribution in [0.1, 0.15) is 12.6 Å². The molecular weight excluding hydrogens is 350 g/mol. The number of aromatic nitrogens is 3. The molecule has 0 amide bonds. The highest BCUT2D eigenvalue weighted by atomic mass is 32.2. The van der Waals surface area contributed by atoms with E-state index in [4.69, 9.17) is 4.52 Å². The third-order valence-electron chi connectivity index (χ3n) is 3.88. The summed E-state index contributed by atoms with van der Waals surface area (Å²) < 4.78 is 7.68. The Morgan fingerprint density at radius 1 is 1.16 bits per heavy atom. The summed E-state index contributed by atoms with van der Waals surface area (Å²) in [6, 6.07) is 16.4. The van der Waals surface area contributed by atoms with Gasteiger partial charge in [0.15, 0.2) is 10.9 Å². The van der Waals surface area contributed by atoms with Crippen LogP contribution < -0.4 is 0 Å². The monoisotopic (exact) mass is 367 g/mol. The van der Waals surface area contributed by atoms with Crippen molar-refractivity contribution in [3.8, 4) is 21.9 Å². The second kappa shape index (κ2) is 7.29. The van der Waals surface area contributed by atoms with Gasteiger partial charge in [0.25, 0.3) is 0 Å².